The topological polar surface area (TPSA) is 26.3 Å². The van der Waals surface area contributed by atoms with E-state index in [-0.39, 0.29) is 20.3 Å². The number of thiol groups is 1. The monoisotopic (exact) mass is 308 g/mol. The summed E-state index contributed by atoms with van der Waals surface area (Å²) < 4.78 is 6.86. The zero-order valence-corrected chi connectivity index (χ0v) is 11.7. The molecule has 0 aliphatic carbocycles. The van der Waals surface area contributed by atoms with Crippen LogP contribution in [0, 0.1) is 5.92 Å². The van der Waals surface area contributed by atoms with Gasteiger partial charge < -0.3 is 0 Å². The number of halogens is 1. The van der Waals surface area contributed by atoms with Crippen molar-refractivity contribution in [2.45, 2.75) is 14.8 Å². The van der Waals surface area contributed by atoms with Crippen LogP contribution in [0.3, 0.4) is 0 Å². The Kier molecular flexibility index (Phi) is 4.47. The minimum absolute atomic E-state index is 0.0883. The normalized spacial score (nSPS) is 29.6. The van der Waals surface area contributed by atoms with Crippen LogP contribution in [-0.2, 0) is 9.53 Å². The van der Waals surface area contributed by atoms with Crippen molar-refractivity contribution in [3.05, 3.63) is 0 Å². The molecule has 0 saturated carbocycles. The Balaban J connectivity index is 2.62. The molecule has 0 saturated heterocycles. The molecular formula is C7H10ClInO2S. The van der Waals surface area contributed by atoms with Crippen LogP contribution in [0.4, 0.5) is 0 Å². The van der Waals surface area contributed by atoms with Gasteiger partial charge >= 0.3 is 93.7 Å². The fraction of sp³-hybridized carbons (Fsp3) is 0.714. The van der Waals surface area contributed by atoms with Crippen LogP contribution in [0.2, 0.25) is 3.67 Å². The van der Waals surface area contributed by atoms with Crippen molar-refractivity contribution in [3.8, 4) is 0 Å². The van der Waals surface area contributed by atoms with Crippen molar-refractivity contribution in [1.82, 2.24) is 0 Å². The van der Waals surface area contributed by atoms with Crippen molar-refractivity contribution in [2.75, 3.05) is 7.11 Å². The molecule has 0 amide bonds. The van der Waals surface area contributed by atoms with Crippen molar-refractivity contribution < 1.29 is 9.53 Å². The molecule has 0 fully saturated rings. The summed E-state index contributed by atoms with van der Waals surface area (Å²) in [6.07, 6.45) is 0.943. The van der Waals surface area contributed by atoms with Crippen LogP contribution in [0.25, 0.3) is 0 Å². The maximum atomic E-state index is 11.2. The van der Waals surface area contributed by atoms with Crippen LogP contribution in [0.1, 0.15) is 6.42 Å². The zero-order chi connectivity index (χ0) is 9.14. The summed E-state index contributed by atoms with van der Waals surface area (Å²) in [5.74, 6) is 0.123. The molecule has 0 aromatic carbocycles. The van der Waals surface area contributed by atoms with Gasteiger partial charge in [0.15, 0.2) is 0 Å². The number of rotatable bonds is 2. The van der Waals surface area contributed by atoms with E-state index in [1.165, 1.54) is 7.11 Å². The standard InChI is InChI=1S/C7H10ClO2S.In/c1-3-5(7(8)11)4-6(9)10-2;/h1,4-5,7,11H,3H2,2H3;. The van der Waals surface area contributed by atoms with Gasteiger partial charge in [0.25, 0.3) is 0 Å². The predicted octanol–water partition coefficient (Wildman–Crippen LogP) is 0.969. The molecule has 0 N–H and O–H groups in total. The van der Waals surface area contributed by atoms with Gasteiger partial charge in [-0.2, -0.15) is 0 Å². The summed E-state index contributed by atoms with van der Waals surface area (Å²) in [5, 5.41) is 0. The molecule has 2 nitrogen and oxygen atoms in total. The number of carbonyl (C=O) groups excluding carboxylic acids is 1. The van der Waals surface area contributed by atoms with Gasteiger partial charge in [-0.1, -0.05) is 0 Å². The number of methoxy groups -OCH3 is 1. The van der Waals surface area contributed by atoms with Crippen molar-refractivity contribution in [2.24, 2.45) is 5.92 Å². The number of esters is 1. The zero-order valence-electron chi connectivity index (χ0n) is 6.74. The number of hydrogen-bond acceptors (Lipinski definition) is 3. The molecule has 3 unspecified atom stereocenters. The van der Waals surface area contributed by atoms with Gasteiger partial charge in [0, 0.05) is 0 Å². The molecule has 0 spiro atoms. The Morgan fingerprint density at radius 1 is 1.92 bits per heavy atom. The third-order valence-corrected chi connectivity index (χ3v) is 7.67. The van der Waals surface area contributed by atoms with E-state index >= 15 is 0 Å². The summed E-state index contributed by atoms with van der Waals surface area (Å²) in [6.45, 7) is 0. The number of hydrogen-bond donors (Lipinski definition) is 1. The van der Waals surface area contributed by atoms with Crippen molar-refractivity contribution in [1.29, 1.82) is 0 Å². The summed E-state index contributed by atoms with van der Waals surface area (Å²) in [7, 11) is 1.43. The average molecular weight is 308 g/mol. The molecule has 66 valence electrons. The Labute approximate surface area is 93.2 Å². The molecule has 0 radical (unpaired) electrons. The molecule has 5 heteroatoms. The Morgan fingerprint density at radius 3 is 3.08 bits per heavy atom. The van der Waals surface area contributed by atoms with Gasteiger partial charge in [-0.15, -0.1) is 0 Å². The molecule has 0 bridgehead atoms. The van der Waals surface area contributed by atoms with Crippen molar-refractivity contribution in [3.63, 3.8) is 0 Å². The van der Waals surface area contributed by atoms with Crippen LogP contribution in [0.5, 0.6) is 0 Å². The molecule has 0 aromatic rings. The van der Waals surface area contributed by atoms with E-state index in [4.69, 9.17) is 16.3 Å². The SMILES string of the molecule is COC(=O)[CH]1[In]=[CH]CC1C(S)Cl. The van der Waals surface area contributed by atoms with Crippen LogP contribution < -0.4 is 0 Å². The molecule has 0 aromatic heterocycles. The van der Waals surface area contributed by atoms with E-state index in [0.29, 0.717) is 0 Å². The first kappa shape index (κ1) is 10.9. The number of carbonyl (C=O) groups is 1. The number of ether oxygens (including phenoxy) is 1. The minimum atomic E-state index is -0.862. The average Bonchev–Trinajstić information content (AvgIpc) is 2.50. The maximum absolute atomic E-state index is 11.2. The summed E-state index contributed by atoms with van der Waals surface area (Å²) >= 11 is 9.14. The van der Waals surface area contributed by atoms with E-state index < -0.39 is 22.4 Å². The molecule has 1 aliphatic heterocycles. The summed E-state index contributed by atoms with van der Waals surface area (Å²) in [4.78, 5) is 11.2. The second kappa shape index (κ2) is 4.91. The Morgan fingerprint density at radius 2 is 2.58 bits per heavy atom. The molecular weight excluding hydrogens is 298 g/mol. The van der Waals surface area contributed by atoms with Gasteiger partial charge in [-0.05, 0) is 0 Å². The van der Waals surface area contributed by atoms with Gasteiger partial charge in [0.2, 0.25) is 0 Å². The second-order valence-electron chi connectivity index (χ2n) is 2.75. The van der Waals surface area contributed by atoms with Gasteiger partial charge in [0.05, 0.1) is 0 Å². The molecule has 1 rings (SSSR count). The first-order chi connectivity index (χ1) is 5.66. The van der Waals surface area contributed by atoms with E-state index in [1.54, 1.807) is 0 Å². The molecule has 12 heavy (non-hydrogen) atoms. The quantitative estimate of drug-likeness (QED) is 0.467. The van der Waals surface area contributed by atoms with Crippen LogP contribution in [-0.4, -0.2) is 44.0 Å². The predicted molar refractivity (Wildman–Crippen MR) is 54.3 cm³/mol. The third kappa shape index (κ3) is 2.42. The molecule has 1 heterocycles. The Hall–Kier alpha value is 0.850. The van der Waals surface area contributed by atoms with E-state index in [1.807, 2.05) is 0 Å². The molecule has 1 aliphatic rings. The number of alkyl halides is 1. The van der Waals surface area contributed by atoms with Crippen molar-refractivity contribution >= 4 is 56.4 Å². The van der Waals surface area contributed by atoms with Gasteiger partial charge in [-0.3, -0.25) is 0 Å². The third-order valence-electron chi connectivity index (χ3n) is 2.04. The van der Waals surface area contributed by atoms with E-state index in [9.17, 15) is 4.79 Å². The van der Waals surface area contributed by atoms with E-state index in [0.717, 1.165) is 6.42 Å². The van der Waals surface area contributed by atoms with E-state index in [2.05, 4.69) is 16.4 Å². The summed E-state index contributed by atoms with van der Waals surface area (Å²) in [5.41, 5.74) is 0. The fourth-order valence-electron chi connectivity index (χ4n) is 1.34. The Bertz CT molecular complexity index is 208. The van der Waals surface area contributed by atoms with Crippen LogP contribution in [0.15, 0.2) is 0 Å². The van der Waals surface area contributed by atoms with Gasteiger partial charge in [-0.25, -0.2) is 0 Å². The molecule has 3 atom stereocenters. The van der Waals surface area contributed by atoms with Gasteiger partial charge in [0.1, 0.15) is 0 Å². The first-order valence-corrected chi connectivity index (χ1v) is 8.49. The van der Waals surface area contributed by atoms with Crippen LogP contribution >= 0.6 is 24.2 Å². The summed E-state index contributed by atoms with van der Waals surface area (Å²) in [6, 6.07) is 0. The fourth-order valence-corrected chi connectivity index (χ4v) is 7.76. The first-order valence-electron chi connectivity index (χ1n) is 3.73. The second-order valence-corrected chi connectivity index (χ2v) is 8.57.